The van der Waals surface area contributed by atoms with E-state index in [1.165, 1.54) is 24.1 Å². The third-order valence-corrected chi connectivity index (χ3v) is 2.92. The van der Waals surface area contributed by atoms with Gasteiger partial charge in [0.25, 0.3) is 0 Å². The number of nitrogens with two attached hydrogens (primary N) is 1. The van der Waals surface area contributed by atoms with Crippen LogP contribution in [0.15, 0.2) is 35.9 Å². The van der Waals surface area contributed by atoms with E-state index in [0.717, 1.165) is 24.8 Å². The fraction of sp³-hybridized carbons (Fsp3) is 0.385. The minimum absolute atomic E-state index is 0.109. The first kappa shape index (κ1) is 10.4. The maximum Gasteiger partial charge on any atom is 0.123 e. The number of rotatable bonds is 3. The molecule has 1 aromatic rings. The smallest absolute Gasteiger partial charge is 0.123 e. The Hall–Kier alpha value is -1.15. The molecule has 1 unspecified atom stereocenters. The minimum atomic E-state index is -0.188. The molecule has 0 aliphatic heterocycles. The summed E-state index contributed by atoms with van der Waals surface area (Å²) in [7, 11) is 0. The van der Waals surface area contributed by atoms with Gasteiger partial charge in [-0.2, -0.15) is 0 Å². The largest absolute Gasteiger partial charge is 0.324 e. The molecule has 15 heavy (non-hydrogen) atoms. The number of allylic oxidation sites excluding steroid dienone is 1. The van der Waals surface area contributed by atoms with Crippen LogP contribution in [0, 0.1) is 5.82 Å². The van der Waals surface area contributed by atoms with E-state index in [1.54, 1.807) is 0 Å². The van der Waals surface area contributed by atoms with Crippen molar-refractivity contribution in [1.82, 2.24) is 0 Å². The predicted molar refractivity (Wildman–Crippen MR) is 60.0 cm³/mol. The summed E-state index contributed by atoms with van der Waals surface area (Å²) in [5, 5.41) is 0. The second-order valence-electron chi connectivity index (χ2n) is 4.11. The van der Waals surface area contributed by atoms with E-state index in [4.69, 9.17) is 5.73 Å². The Bertz CT molecular complexity index is 353. The average Bonchev–Trinajstić information content (AvgIpc) is 2.74. The van der Waals surface area contributed by atoms with E-state index >= 15 is 0 Å². The highest BCUT2D eigenvalue weighted by molar-refractivity contribution is 5.22. The summed E-state index contributed by atoms with van der Waals surface area (Å²) in [6.07, 6.45) is 6.57. The Morgan fingerprint density at radius 2 is 2.00 bits per heavy atom. The van der Waals surface area contributed by atoms with Crippen LogP contribution in [0.1, 0.15) is 24.8 Å². The highest BCUT2D eigenvalue weighted by Crippen LogP contribution is 2.21. The van der Waals surface area contributed by atoms with E-state index < -0.39 is 0 Å². The van der Waals surface area contributed by atoms with E-state index in [9.17, 15) is 4.39 Å². The quantitative estimate of drug-likeness (QED) is 0.754. The molecule has 2 rings (SSSR count). The topological polar surface area (TPSA) is 26.0 Å². The van der Waals surface area contributed by atoms with Crippen molar-refractivity contribution in [3.63, 3.8) is 0 Å². The first-order valence-electron chi connectivity index (χ1n) is 5.44. The Morgan fingerprint density at radius 3 is 2.60 bits per heavy atom. The van der Waals surface area contributed by atoms with Gasteiger partial charge in [-0.05, 0) is 43.4 Å². The van der Waals surface area contributed by atoms with Gasteiger partial charge in [-0.3, -0.25) is 0 Å². The summed E-state index contributed by atoms with van der Waals surface area (Å²) in [5.41, 5.74) is 8.56. The van der Waals surface area contributed by atoms with Crippen LogP contribution in [0.4, 0.5) is 4.39 Å². The molecule has 0 bridgehead atoms. The standard InChI is InChI=1S/C13H16FN/c14-12-7-5-10(6-8-12)9-13(15)11-3-1-2-4-11/h3,5-8,13H,1-2,4,9,15H2. The van der Waals surface area contributed by atoms with Crippen molar-refractivity contribution in [3.05, 3.63) is 47.3 Å². The maximum atomic E-state index is 12.7. The molecule has 2 heteroatoms. The molecule has 0 spiro atoms. The van der Waals surface area contributed by atoms with Gasteiger partial charge in [0.2, 0.25) is 0 Å². The van der Waals surface area contributed by atoms with Crippen molar-refractivity contribution in [2.75, 3.05) is 0 Å². The van der Waals surface area contributed by atoms with Crippen molar-refractivity contribution in [3.8, 4) is 0 Å². The summed E-state index contributed by atoms with van der Waals surface area (Å²) in [6, 6.07) is 6.71. The molecule has 0 amide bonds. The summed E-state index contributed by atoms with van der Waals surface area (Å²) >= 11 is 0. The lowest BCUT2D eigenvalue weighted by Gasteiger charge is -2.12. The van der Waals surface area contributed by atoms with E-state index in [2.05, 4.69) is 6.08 Å². The zero-order valence-corrected chi connectivity index (χ0v) is 8.75. The number of hydrogen-bond acceptors (Lipinski definition) is 1. The van der Waals surface area contributed by atoms with Crippen molar-refractivity contribution < 1.29 is 4.39 Å². The highest BCUT2D eigenvalue weighted by Gasteiger charge is 2.13. The lowest BCUT2D eigenvalue weighted by molar-refractivity contribution is 0.626. The summed E-state index contributed by atoms with van der Waals surface area (Å²) in [4.78, 5) is 0. The third kappa shape index (κ3) is 2.66. The van der Waals surface area contributed by atoms with Gasteiger partial charge in [0.15, 0.2) is 0 Å². The average molecular weight is 205 g/mol. The lowest BCUT2D eigenvalue weighted by Crippen LogP contribution is -2.24. The molecule has 1 nitrogen and oxygen atoms in total. The molecule has 0 fully saturated rings. The van der Waals surface area contributed by atoms with Crippen molar-refractivity contribution in [2.45, 2.75) is 31.7 Å². The van der Waals surface area contributed by atoms with E-state index in [1.807, 2.05) is 12.1 Å². The van der Waals surface area contributed by atoms with Gasteiger partial charge < -0.3 is 5.73 Å². The van der Waals surface area contributed by atoms with Crippen LogP contribution in [0.5, 0.6) is 0 Å². The van der Waals surface area contributed by atoms with E-state index in [-0.39, 0.29) is 11.9 Å². The Labute approximate surface area is 89.8 Å². The molecular weight excluding hydrogens is 189 g/mol. The predicted octanol–water partition coefficient (Wildman–Crippen LogP) is 2.81. The zero-order chi connectivity index (χ0) is 10.7. The van der Waals surface area contributed by atoms with Crippen LogP contribution in [-0.4, -0.2) is 6.04 Å². The van der Waals surface area contributed by atoms with Gasteiger partial charge in [-0.15, -0.1) is 0 Å². The van der Waals surface area contributed by atoms with Crippen LogP contribution in [-0.2, 0) is 6.42 Å². The van der Waals surface area contributed by atoms with Crippen LogP contribution in [0.25, 0.3) is 0 Å². The number of halogens is 1. The molecule has 1 aliphatic carbocycles. The molecule has 0 saturated carbocycles. The van der Waals surface area contributed by atoms with Gasteiger partial charge in [0.05, 0.1) is 0 Å². The van der Waals surface area contributed by atoms with Crippen LogP contribution < -0.4 is 5.73 Å². The fourth-order valence-corrected chi connectivity index (χ4v) is 2.04. The molecule has 1 aliphatic rings. The van der Waals surface area contributed by atoms with Gasteiger partial charge in [-0.25, -0.2) is 4.39 Å². The number of hydrogen-bond donors (Lipinski definition) is 1. The summed E-state index contributed by atoms with van der Waals surface area (Å²) in [5.74, 6) is -0.188. The molecule has 1 atom stereocenters. The third-order valence-electron chi connectivity index (χ3n) is 2.92. The summed E-state index contributed by atoms with van der Waals surface area (Å²) < 4.78 is 12.7. The molecular formula is C13H16FN. The monoisotopic (exact) mass is 205 g/mol. The summed E-state index contributed by atoms with van der Waals surface area (Å²) in [6.45, 7) is 0. The second-order valence-corrected chi connectivity index (χ2v) is 4.11. The van der Waals surface area contributed by atoms with Crippen molar-refractivity contribution in [1.29, 1.82) is 0 Å². The molecule has 80 valence electrons. The highest BCUT2D eigenvalue weighted by atomic mass is 19.1. The minimum Gasteiger partial charge on any atom is -0.324 e. The molecule has 0 aromatic heterocycles. The van der Waals surface area contributed by atoms with E-state index in [0.29, 0.717) is 0 Å². The van der Waals surface area contributed by atoms with Crippen LogP contribution in [0.2, 0.25) is 0 Å². The van der Waals surface area contributed by atoms with Gasteiger partial charge in [0, 0.05) is 6.04 Å². The second kappa shape index (κ2) is 4.58. The fourth-order valence-electron chi connectivity index (χ4n) is 2.04. The normalized spacial score (nSPS) is 17.6. The van der Waals surface area contributed by atoms with Gasteiger partial charge in [0.1, 0.15) is 5.82 Å². The van der Waals surface area contributed by atoms with Crippen LogP contribution >= 0.6 is 0 Å². The Balaban J connectivity index is 1.99. The molecule has 0 radical (unpaired) electrons. The van der Waals surface area contributed by atoms with Gasteiger partial charge >= 0.3 is 0 Å². The lowest BCUT2D eigenvalue weighted by atomic mass is 9.99. The van der Waals surface area contributed by atoms with Crippen molar-refractivity contribution in [2.24, 2.45) is 5.73 Å². The molecule has 2 N–H and O–H groups in total. The first-order valence-corrected chi connectivity index (χ1v) is 5.44. The van der Waals surface area contributed by atoms with Crippen molar-refractivity contribution >= 4 is 0 Å². The Morgan fingerprint density at radius 1 is 1.27 bits per heavy atom. The first-order chi connectivity index (χ1) is 7.25. The number of benzene rings is 1. The molecule has 1 aromatic carbocycles. The SMILES string of the molecule is NC(Cc1ccc(F)cc1)C1=CCCC1. The molecule has 0 saturated heterocycles. The zero-order valence-electron chi connectivity index (χ0n) is 8.75. The Kier molecular flexibility index (Phi) is 3.17. The molecule has 0 heterocycles. The van der Waals surface area contributed by atoms with Crippen LogP contribution in [0.3, 0.4) is 0 Å². The maximum absolute atomic E-state index is 12.7. The van der Waals surface area contributed by atoms with Gasteiger partial charge in [-0.1, -0.05) is 23.8 Å².